The molecule has 0 aliphatic carbocycles. The van der Waals surface area contributed by atoms with Gasteiger partial charge in [-0.05, 0) is 27.8 Å². The molecule has 0 atom stereocenters. The van der Waals surface area contributed by atoms with Crippen LogP contribution in [0.4, 0.5) is 4.79 Å². The summed E-state index contributed by atoms with van der Waals surface area (Å²) in [5, 5.41) is 0. The van der Waals surface area contributed by atoms with Crippen LogP contribution in [0, 0.1) is 0 Å². The van der Waals surface area contributed by atoms with Gasteiger partial charge >= 0.3 is 6.03 Å². The number of carbonyl (C=O) groups is 1. The average molecular weight is 213 g/mol. The second-order valence-corrected chi connectivity index (χ2v) is 4.95. The van der Waals surface area contributed by atoms with Gasteiger partial charge in [-0.25, -0.2) is 4.79 Å². The van der Waals surface area contributed by atoms with Gasteiger partial charge in [-0.2, -0.15) is 0 Å². The zero-order valence-electron chi connectivity index (χ0n) is 10.6. The van der Waals surface area contributed by atoms with E-state index >= 15 is 0 Å². The molecule has 0 spiro atoms. The summed E-state index contributed by atoms with van der Waals surface area (Å²) in [6.07, 6.45) is 0. The Hall–Kier alpha value is -0.770. The van der Waals surface area contributed by atoms with E-state index in [1.165, 1.54) is 0 Å². The van der Waals surface area contributed by atoms with E-state index in [0.29, 0.717) is 0 Å². The Kier molecular flexibility index (Phi) is 3.60. The molecule has 1 fully saturated rings. The summed E-state index contributed by atoms with van der Waals surface area (Å²) in [6.45, 7) is 9.73. The Labute approximate surface area is 92.8 Å². The molecule has 0 saturated carbocycles. The quantitative estimate of drug-likeness (QED) is 0.652. The van der Waals surface area contributed by atoms with Crippen LogP contribution in [-0.2, 0) is 0 Å². The van der Waals surface area contributed by atoms with Crippen LogP contribution < -0.4 is 0 Å². The molecule has 4 heteroatoms. The minimum atomic E-state index is 0.0858. The predicted octanol–water partition coefficient (Wildman–Crippen LogP) is 1.08. The second kappa shape index (κ2) is 4.39. The standard InChI is InChI=1S/C11H23N3O/c1-6-12(4)10(15)14-8-7-13(5)11(2,3)9-14/h6-9H2,1-5H3. The summed E-state index contributed by atoms with van der Waals surface area (Å²) in [5.74, 6) is 0. The van der Waals surface area contributed by atoms with Crippen LogP contribution in [0.5, 0.6) is 0 Å². The first-order valence-electron chi connectivity index (χ1n) is 5.59. The van der Waals surface area contributed by atoms with Gasteiger partial charge in [0.15, 0.2) is 0 Å². The molecule has 1 aliphatic rings. The molecule has 0 N–H and O–H groups in total. The molecule has 15 heavy (non-hydrogen) atoms. The number of likely N-dealkylation sites (N-methyl/N-ethyl adjacent to an activating group) is 1. The maximum atomic E-state index is 12.0. The van der Waals surface area contributed by atoms with Crippen LogP contribution in [-0.4, -0.2) is 66.5 Å². The summed E-state index contributed by atoms with van der Waals surface area (Å²) in [4.78, 5) is 18.0. The Balaban J connectivity index is 2.63. The minimum absolute atomic E-state index is 0.0858. The molecule has 2 amide bonds. The van der Waals surface area contributed by atoms with E-state index in [-0.39, 0.29) is 11.6 Å². The summed E-state index contributed by atoms with van der Waals surface area (Å²) in [7, 11) is 3.97. The van der Waals surface area contributed by atoms with Crippen LogP contribution in [0.1, 0.15) is 20.8 Å². The molecule has 1 rings (SSSR count). The minimum Gasteiger partial charge on any atom is -0.328 e. The molecule has 0 unspecified atom stereocenters. The lowest BCUT2D eigenvalue weighted by molar-refractivity contribution is 0.0485. The summed E-state index contributed by atoms with van der Waals surface area (Å²) in [6, 6.07) is 0.152. The molecule has 0 bridgehead atoms. The van der Waals surface area contributed by atoms with Crippen LogP contribution in [0.25, 0.3) is 0 Å². The van der Waals surface area contributed by atoms with Gasteiger partial charge in [-0.3, -0.25) is 4.90 Å². The first-order valence-corrected chi connectivity index (χ1v) is 5.59. The van der Waals surface area contributed by atoms with Crippen LogP contribution >= 0.6 is 0 Å². The van der Waals surface area contributed by atoms with E-state index in [1.54, 1.807) is 4.90 Å². The van der Waals surface area contributed by atoms with Crippen molar-refractivity contribution in [3.8, 4) is 0 Å². The van der Waals surface area contributed by atoms with Gasteiger partial charge in [0.25, 0.3) is 0 Å². The van der Waals surface area contributed by atoms with Gasteiger partial charge in [0.2, 0.25) is 0 Å². The van der Waals surface area contributed by atoms with Crippen molar-refractivity contribution in [1.82, 2.24) is 14.7 Å². The lowest BCUT2D eigenvalue weighted by atomic mass is 10.00. The monoisotopic (exact) mass is 213 g/mol. The van der Waals surface area contributed by atoms with E-state index in [9.17, 15) is 4.79 Å². The van der Waals surface area contributed by atoms with Gasteiger partial charge < -0.3 is 9.80 Å². The van der Waals surface area contributed by atoms with Gasteiger partial charge in [-0.15, -0.1) is 0 Å². The molecule has 1 heterocycles. The fourth-order valence-electron chi connectivity index (χ4n) is 1.78. The maximum Gasteiger partial charge on any atom is 0.319 e. The van der Waals surface area contributed by atoms with Crippen molar-refractivity contribution in [2.75, 3.05) is 40.3 Å². The van der Waals surface area contributed by atoms with Crippen molar-refractivity contribution in [1.29, 1.82) is 0 Å². The summed E-state index contributed by atoms with van der Waals surface area (Å²) >= 11 is 0. The number of urea groups is 1. The number of hydrogen-bond donors (Lipinski definition) is 0. The fourth-order valence-corrected chi connectivity index (χ4v) is 1.78. The third-order valence-electron chi connectivity index (χ3n) is 3.39. The zero-order chi connectivity index (χ0) is 11.6. The topological polar surface area (TPSA) is 26.8 Å². The zero-order valence-corrected chi connectivity index (χ0v) is 10.6. The van der Waals surface area contributed by atoms with Crippen molar-refractivity contribution in [3.63, 3.8) is 0 Å². The number of nitrogens with zero attached hydrogens (tertiary/aromatic N) is 3. The molecular weight excluding hydrogens is 190 g/mol. The van der Waals surface area contributed by atoms with Crippen molar-refractivity contribution >= 4 is 6.03 Å². The summed E-state index contributed by atoms with van der Waals surface area (Å²) in [5.41, 5.74) is 0.0858. The van der Waals surface area contributed by atoms with E-state index < -0.39 is 0 Å². The highest BCUT2D eigenvalue weighted by molar-refractivity contribution is 5.74. The van der Waals surface area contributed by atoms with Gasteiger partial charge in [0.1, 0.15) is 0 Å². The number of rotatable bonds is 1. The molecule has 0 aromatic carbocycles. The Morgan fingerprint density at radius 3 is 2.47 bits per heavy atom. The SMILES string of the molecule is CCN(C)C(=O)N1CCN(C)C(C)(C)C1. The van der Waals surface area contributed by atoms with Crippen LogP contribution in [0.2, 0.25) is 0 Å². The second-order valence-electron chi connectivity index (χ2n) is 4.95. The highest BCUT2D eigenvalue weighted by Gasteiger charge is 2.33. The van der Waals surface area contributed by atoms with Gasteiger partial charge in [-0.1, -0.05) is 0 Å². The number of carbonyl (C=O) groups excluding carboxylic acids is 1. The number of amides is 2. The Morgan fingerprint density at radius 2 is 2.00 bits per heavy atom. The van der Waals surface area contributed by atoms with Crippen molar-refractivity contribution in [3.05, 3.63) is 0 Å². The largest absolute Gasteiger partial charge is 0.328 e. The molecule has 88 valence electrons. The maximum absolute atomic E-state index is 12.0. The van der Waals surface area contributed by atoms with Gasteiger partial charge in [0.05, 0.1) is 0 Å². The predicted molar refractivity (Wildman–Crippen MR) is 62.0 cm³/mol. The molecule has 1 saturated heterocycles. The first-order chi connectivity index (χ1) is 6.88. The van der Waals surface area contributed by atoms with E-state index in [0.717, 1.165) is 26.2 Å². The third-order valence-corrected chi connectivity index (χ3v) is 3.39. The normalized spacial score (nSPS) is 21.5. The van der Waals surface area contributed by atoms with E-state index in [1.807, 2.05) is 18.9 Å². The molecule has 4 nitrogen and oxygen atoms in total. The fraction of sp³-hybridized carbons (Fsp3) is 0.909. The van der Waals surface area contributed by atoms with E-state index in [2.05, 4.69) is 25.8 Å². The van der Waals surface area contributed by atoms with Crippen LogP contribution in [0.15, 0.2) is 0 Å². The smallest absolute Gasteiger partial charge is 0.319 e. The van der Waals surface area contributed by atoms with Crippen molar-refractivity contribution in [2.24, 2.45) is 0 Å². The Bertz CT molecular complexity index is 240. The molecule has 0 radical (unpaired) electrons. The number of piperazine rings is 1. The molecule has 1 aliphatic heterocycles. The van der Waals surface area contributed by atoms with Crippen molar-refractivity contribution in [2.45, 2.75) is 26.3 Å². The third kappa shape index (κ3) is 2.62. The Morgan fingerprint density at radius 1 is 1.40 bits per heavy atom. The first kappa shape index (κ1) is 12.3. The van der Waals surface area contributed by atoms with Gasteiger partial charge in [0, 0.05) is 38.8 Å². The summed E-state index contributed by atoms with van der Waals surface area (Å²) < 4.78 is 0. The van der Waals surface area contributed by atoms with E-state index in [4.69, 9.17) is 0 Å². The molecular formula is C11H23N3O. The molecule has 0 aromatic heterocycles. The molecule has 0 aromatic rings. The highest BCUT2D eigenvalue weighted by atomic mass is 16.2. The number of hydrogen-bond acceptors (Lipinski definition) is 2. The lowest BCUT2D eigenvalue weighted by Crippen LogP contribution is -2.60. The van der Waals surface area contributed by atoms with Crippen molar-refractivity contribution < 1.29 is 4.79 Å². The lowest BCUT2D eigenvalue weighted by Gasteiger charge is -2.46. The average Bonchev–Trinajstić information content (AvgIpc) is 2.19. The van der Waals surface area contributed by atoms with Crippen LogP contribution in [0.3, 0.4) is 0 Å². The highest BCUT2D eigenvalue weighted by Crippen LogP contribution is 2.19.